The van der Waals surface area contributed by atoms with Crippen LogP contribution in [0.3, 0.4) is 0 Å². The van der Waals surface area contributed by atoms with Crippen molar-refractivity contribution >= 4 is 11.8 Å². The molecule has 1 aromatic heterocycles. The molecule has 0 aliphatic heterocycles. The molecule has 2 N–H and O–H groups in total. The van der Waals surface area contributed by atoms with Gasteiger partial charge in [-0.1, -0.05) is 25.5 Å². The van der Waals surface area contributed by atoms with Gasteiger partial charge in [-0.2, -0.15) is 5.10 Å². The van der Waals surface area contributed by atoms with Gasteiger partial charge in [-0.15, -0.1) is 0 Å². The third-order valence-corrected chi connectivity index (χ3v) is 3.81. The summed E-state index contributed by atoms with van der Waals surface area (Å²) in [6.07, 6.45) is 1.78. The van der Waals surface area contributed by atoms with Crippen molar-refractivity contribution in [2.75, 3.05) is 13.1 Å². The number of nitrogens with zero attached hydrogens (tertiary/aromatic N) is 2. The molecule has 0 unspecified atom stereocenters. The highest BCUT2D eigenvalue weighted by atomic mass is 19.1. The fourth-order valence-corrected chi connectivity index (χ4v) is 2.40. The Labute approximate surface area is 156 Å². The smallest absolute Gasteiger partial charge is 0.271 e. The molecule has 7 nitrogen and oxygen atoms in total. The van der Waals surface area contributed by atoms with Gasteiger partial charge in [0.05, 0.1) is 6.42 Å². The van der Waals surface area contributed by atoms with Gasteiger partial charge < -0.3 is 10.6 Å². The Bertz CT molecular complexity index is 851. The number of nitrogens with one attached hydrogen (secondary N) is 2. The first-order chi connectivity index (χ1) is 13.0. The number of rotatable bonds is 9. The maximum absolute atomic E-state index is 13.1. The molecule has 0 fully saturated rings. The lowest BCUT2D eigenvalue weighted by Gasteiger charge is -2.08. The van der Waals surface area contributed by atoms with E-state index in [4.69, 9.17) is 0 Å². The third-order valence-electron chi connectivity index (χ3n) is 3.81. The molecule has 27 heavy (non-hydrogen) atoms. The highest BCUT2D eigenvalue weighted by molar-refractivity contribution is 5.92. The zero-order valence-corrected chi connectivity index (χ0v) is 15.2. The van der Waals surface area contributed by atoms with Crippen molar-refractivity contribution in [2.45, 2.75) is 32.7 Å². The standard InChI is InChI=1S/C19H23FN4O3/c1-2-3-11-24-18(26)8-7-16(23-24)19(27)22-10-9-21-17(25)13-14-5-4-6-15(20)12-14/h4-8,12H,2-3,9-11,13H2,1H3,(H,21,25)(H,22,27). The number of aryl methyl sites for hydroxylation is 1. The SMILES string of the molecule is CCCCn1nc(C(=O)NCCNC(=O)Cc2cccc(F)c2)ccc1=O. The van der Waals surface area contributed by atoms with Crippen molar-refractivity contribution in [3.05, 3.63) is 63.8 Å². The van der Waals surface area contributed by atoms with E-state index in [0.29, 0.717) is 12.1 Å². The molecule has 2 amide bonds. The van der Waals surface area contributed by atoms with Crippen LogP contribution in [0.15, 0.2) is 41.2 Å². The molecule has 0 radical (unpaired) electrons. The Balaban J connectivity index is 1.77. The van der Waals surface area contributed by atoms with Gasteiger partial charge in [-0.05, 0) is 30.2 Å². The van der Waals surface area contributed by atoms with E-state index >= 15 is 0 Å². The molecule has 1 heterocycles. The minimum atomic E-state index is -0.417. The Morgan fingerprint density at radius 1 is 1.15 bits per heavy atom. The average molecular weight is 374 g/mol. The van der Waals surface area contributed by atoms with Gasteiger partial charge in [0.15, 0.2) is 0 Å². The molecule has 0 saturated heterocycles. The number of hydrogen-bond acceptors (Lipinski definition) is 4. The molecular weight excluding hydrogens is 351 g/mol. The lowest BCUT2D eigenvalue weighted by Crippen LogP contribution is -2.36. The molecular formula is C19H23FN4O3. The quantitative estimate of drug-likeness (QED) is 0.647. The maximum atomic E-state index is 13.1. The first kappa shape index (κ1) is 20.3. The summed E-state index contributed by atoms with van der Waals surface area (Å²) in [6, 6.07) is 8.53. The average Bonchev–Trinajstić information content (AvgIpc) is 2.64. The van der Waals surface area contributed by atoms with Crippen molar-refractivity contribution in [1.29, 1.82) is 0 Å². The van der Waals surface area contributed by atoms with Crippen LogP contribution in [-0.2, 0) is 17.8 Å². The van der Waals surface area contributed by atoms with E-state index in [1.807, 2.05) is 6.92 Å². The Hall–Kier alpha value is -3.03. The molecule has 0 atom stereocenters. The molecule has 1 aromatic carbocycles. The van der Waals surface area contributed by atoms with Crippen LogP contribution in [0.25, 0.3) is 0 Å². The monoisotopic (exact) mass is 374 g/mol. The number of carbonyl (C=O) groups is 2. The van der Waals surface area contributed by atoms with Crippen molar-refractivity contribution in [3.8, 4) is 0 Å². The van der Waals surface area contributed by atoms with Crippen LogP contribution in [0.2, 0.25) is 0 Å². The topological polar surface area (TPSA) is 93.1 Å². The van der Waals surface area contributed by atoms with E-state index in [0.717, 1.165) is 12.8 Å². The first-order valence-electron chi connectivity index (χ1n) is 8.87. The summed E-state index contributed by atoms with van der Waals surface area (Å²) in [5.41, 5.74) is 0.483. The molecule has 0 bridgehead atoms. The second-order valence-electron chi connectivity index (χ2n) is 6.05. The zero-order valence-electron chi connectivity index (χ0n) is 15.2. The van der Waals surface area contributed by atoms with Crippen LogP contribution in [0.1, 0.15) is 35.8 Å². The van der Waals surface area contributed by atoms with Gasteiger partial charge in [0.25, 0.3) is 11.5 Å². The lowest BCUT2D eigenvalue weighted by atomic mass is 10.1. The second-order valence-corrected chi connectivity index (χ2v) is 6.05. The molecule has 144 valence electrons. The fourth-order valence-electron chi connectivity index (χ4n) is 2.40. The minimum Gasteiger partial charge on any atom is -0.354 e. The largest absolute Gasteiger partial charge is 0.354 e. The van der Waals surface area contributed by atoms with Gasteiger partial charge in [0, 0.05) is 25.7 Å². The predicted octanol–water partition coefficient (Wildman–Crippen LogP) is 1.27. The molecule has 8 heteroatoms. The normalized spacial score (nSPS) is 10.4. The van der Waals surface area contributed by atoms with Gasteiger partial charge in [-0.3, -0.25) is 14.4 Å². The summed E-state index contributed by atoms with van der Waals surface area (Å²) >= 11 is 0. The minimum absolute atomic E-state index is 0.0651. The Kier molecular flexibility index (Phi) is 7.66. The predicted molar refractivity (Wildman–Crippen MR) is 98.9 cm³/mol. The Morgan fingerprint density at radius 2 is 1.93 bits per heavy atom. The van der Waals surface area contributed by atoms with Crippen LogP contribution in [-0.4, -0.2) is 34.7 Å². The second kappa shape index (κ2) is 10.2. The first-order valence-corrected chi connectivity index (χ1v) is 8.87. The van der Waals surface area contributed by atoms with E-state index in [2.05, 4.69) is 15.7 Å². The van der Waals surface area contributed by atoms with E-state index in [1.54, 1.807) is 12.1 Å². The van der Waals surface area contributed by atoms with Crippen LogP contribution in [0, 0.1) is 5.82 Å². The van der Waals surface area contributed by atoms with Crippen LogP contribution >= 0.6 is 0 Å². The van der Waals surface area contributed by atoms with Crippen LogP contribution < -0.4 is 16.2 Å². The number of amides is 2. The van der Waals surface area contributed by atoms with Gasteiger partial charge >= 0.3 is 0 Å². The number of halogens is 1. The van der Waals surface area contributed by atoms with Gasteiger partial charge in [-0.25, -0.2) is 9.07 Å². The summed E-state index contributed by atoms with van der Waals surface area (Å²) in [7, 11) is 0. The highest BCUT2D eigenvalue weighted by Gasteiger charge is 2.09. The van der Waals surface area contributed by atoms with E-state index in [9.17, 15) is 18.8 Å². The summed E-state index contributed by atoms with van der Waals surface area (Å²) in [4.78, 5) is 35.6. The number of unbranched alkanes of at least 4 members (excludes halogenated alkanes) is 1. The van der Waals surface area contributed by atoms with Crippen LogP contribution in [0.5, 0.6) is 0 Å². The number of carbonyl (C=O) groups excluding carboxylic acids is 2. The molecule has 2 aromatic rings. The van der Waals surface area contributed by atoms with Gasteiger partial charge in [0.1, 0.15) is 11.5 Å². The summed E-state index contributed by atoms with van der Waals surface area (Å²) in [6.45, 7) is 2.91. The summed E-state index contributed by atoms with van der Waals surface area (Å²) < 4.78 is 14.4. The van der Waals surface area contributed by atoms with E-state index < -0.39 is 5.91 Å². The third kappa shape index (κ3) is 6.65. The van der Waals surface area contributed by atoms with Gasteiger partial charge in [0.2, 0.25) is 5.91 Å². The summed E-state index contributed by atoms with van der Waals surface area (Å²) in [5, 5.41) is 9.35. The molecule has 0 saturated carbocycles. The molecule has 0 aliphatic carbocycles. The fraction of sp³-hybridized carbons (Fsp3) is 0.368. The maximum Gasteiger partial charge on any atom is 0.271 e. The highest BCUT2D eigenvalue weighted by Crippen LogP contribution is 2.03. The Morgan fingerprint density at radius 3 is 2.67 bits per heavy atom. The lowest BCUT2D eigenvalue weighted by molar-refractivity contribution is -0.120. The van der Waals surface area contributed by atoms with E-state index in [-0.39, 0.29) is 42.5 Å². The van der Waals surface area contributed by atoms with Crippen molar-refractivity contribution in [3.63, 3.8) is 0 Å². The number of aromatic nitrogens is 2. The molecule has 2 rings (SSSR count). The zero-order chi connectivity index (χ0) is 19.6. The van der Waals surface area contributed by atoms with Crippen molar-refractivity contribution in [1.82, 2.24) is 20.4 Å². The van der Waals surface area contributed by atoms with Crippen LogP contribution in [0.4, 0.5) is 4.39 Å². The summed E-state index contributed by atoms with van der Waals surface area (Å²) in [5.74, 6) is -1.07. The van der Waals surface area contributed by atoms with E-state index in [1.165, 1.54) is 28.9 Å². The number of hydrogen-bond donors (Lipinski definition) is 2. The molecule has 0 spiro atoms. The van der Waals surface area contributed by atoms with Crippen molar-refractivity contribution in [2.24, 2.45) is 0 Å². The number of benzene rings is 1. The molecule has 0 aliphatic rings. The van der Waals surface area contributed by atoms with Crippen molar-refractivity contribution < 1.29 is 14.0 Å².